The van der Waals surface area contributed by atoms with Crippen LogP contribution in [0.15, 0.2) is 38.4 Å². The normalized spacial score (nSPS) is 13.4. The maximum atomic E-state index is 5.79. The van der Waals surface area contributed by atoms with Gasteiger partial charge in [-0.1, -0.05) is 20.8 Å². The molecular formula is C18H30IN5O2. The van der Waals surface area contributed by atoms with Gasteiger partial charge in [0.1, 0.15) is 11.5 Å². The largest absolute Gasteiger partial charge is 0.468 e. The molecule has 0 saturated carbocycles. The molecule has 26 heavy (non-hydrogen) atoms. The van der Waals surface area contributed by atoms with E-state index in [0.29, 0.717) is 24.9 Å². The highest BCUT2D eigenvalue weighted by Crippen LogP contribution is 2.22. The van der Waals surface area contributed by atoms with Crippen LogP contribution in [-0.4, -0.2) is 43.5 Å². The number of nitrogens with one attached hydrogen (secondary N) is 2. The number of oxazole rings is 1. The Bertz CT molecular complexity index is 674. The quantitative estimate of drug-likeness (QED) is 0.380. The van der Waals surface area contributed by atoms with Crippen LogP contribution in [0.3, 0.4) is 0 Å². The third-order valence-electron chi connectivity index (χ3n) is 3.88. The van der Waals surface area contributed by atoms with E-state index >= 15 is 0 Å². The molecule has 2 aromatic rings. The Kier molecular flexibility index (Phi) is 8.61. The zero-order valence-corrected chi connectivity index (χ0v) is 18.7. The predicted molar refractivity (Wildman–Crippen MR) is 114 cm³/mol. The Balaban J connectivity index is 0.00000338. The molecule has 1 atom stereocenters. The van der Waals surface area contributed by atoms with Crippen LogP contribution >= 0.6 is 24.0 Å². The second kappa shape index (κ2) is 9.96. The molecule has 1 unspecified atom stereocenters. The summed E-state index contributed by atoms with van der Waals surface area (Å²) >= 11 is 0. The highest BCUT2D eigenvalue weighted by Gasteiger charge is 2.20. The maximum Gasteiger partial charge on any atom is 0.213 e. The van der Waals surface area contributed by atoms with Gasteiger partial charge in [0.2, 0.25) is 5.89 Å². The summed E-state index contributed by atoms with van der Waals surface area (Å²) in [6, 6.07) is 3.99. The summed E-state index contributed by atoms with van der Waals surface area (Å²) in [6.45, 7) is 7.44. The van der Waals surface area contributed by atoms with Crippen molar-refractivity contribution in [2.24, 2.45) is 4.99 Å². The van der Waals surface area contributed by atoms with Gasteiger partial charge in [0.15, 0.2) is 5.96 Å². The number of guanidine groups is 1. The fourth-order valence-electron chi connectivity index (χ4n) is 2.33. The average molecular weight is 475 g/mol. The summed E-state index contributed by atoms with van der Waals surface area (Å²) < 4.78 is 11.3. The van der Waals surface area contributed by atoms with E-state index in [-0.39, 0.29) is 35.4 Å². The molecule has 0 aromatic carbocycles. The Hall–Kier alpha value is -1.55. The molecule has 2 rings (SSSR count). The monoisotopic (exact) mass is 475 g/mol. The van der Waals surface area contributed by atoms with Gasteiger partial charge in [0.25, 0.3) is 0 Å². The zero-order valence-electron chi connectivity index (χ0n) is 16.4. The number of rotatable bonds is 6. The molecule has 0 aliphatic rings. The molecule has 0 fully saturated rings. The van der Waals surface area contributed by atoms with Gasteiger partial charge in [-0.3, -0.25) is 9.89 Å². The highest BCUT2D eigenvalue weighted by atomic mass is 127. The summed E-state index contributed by atoms with van der Waals surface area (Å²) in [4.78, 5) is 10.7. The SMILES string of the molecule is CN=C(NCc1ncc(C(C)(C)C)o1)NCC(c1ccco1)N(C)C.I. The Labute approximate surface area is 172 Å². The fourth-order valence-corrected chi connectivity index (χ4v) is 2.33. The van der Waals surface area contributed by atoms with Crippen molar-refractivity contribution in [1.29, 1.82) is 0 Å². The van der Waals surface area contributed by atoms with Gasteiger partial charge in [-0.05, 0) is 26.2 Å². The van der Waals surface area contributed by atoms with Crippen molar-refractivity contribution in [2.75, 3.05) is 27.7 Å². The summed E-state index contributed by atoms with van der Waals surface area (Å²) in [6.07, 6.45) is 3.47. The Morgan fingerprint density at radius 1 is 1.31 bits per heavy atom. The van der Waals surface area contributed by atoms with E-state index in [4.69, 9.17) is 8.83 Å². The number of halogens is 1. The number of hydrogen-bond acceptors (Lipinski definition) is 5. The Morgan fingerprint density at radius 3 is 2.54 bits per heavy atom. The molecule has 8 heteroatoms. The van der Waals surface area contributed by atoms with Crippen LogP contribution in [0.5, 0.6) is 0 Å². The molecule has 0 bridgehead atoms. The van der Waals surface area contributed by atoms with Crippen LogP contribution in [0.1, 0.15) is 44.2 Å². The summed E-state index contributed by atoms with van der Waals surface area (Å²) in [5.41, 5.74) is -0.0485. The van der Waals surface area contributed by atoms with Crippen molar-refractivity contribution < 1.29 is 8.83 Å². The maximum absolute atomic E-state index is 5.79. The topological polar surface area (TPSA) is 78.8 Å². The first-order chi connectivity index (χ1) is 11.8. The van der Waals surface area contributed by atoms with Gasteiger partial charge >= 0.3 is 0 Å². The number of aliphatic imine (C=N–C) groups is 1. The van der Waals surface area contributed by atoms with Crippen LogP contribution in [0, 0.1) is 0 Å². The minimum atomic E-state index is -0.0485. The van der Waals surface area contributed by atoms with Crippen molar-refractivity contribution in [3.05, 3.63) is 42.0 Å². The number of likely N-dealkylation sites (N-methyl/N-ethyl adjacent to an activating group) is 1. The first-order valence-electron chi connectivity index (χ1n) is 8.40. The predicted octanol–water partition coefficient (Wildman–Crippen LogP) is 3.15. The number of aromatic nitrogens is 1. The molecule has 0 aliphatic heterocycles. The van der Waals surface area contributed by atoms with Crippen molar-refractivity contribution >= 4 is 29.9 Å². The number of hydrogen-bond donors (Lipinski definition) is 2. The third kappa shape index (κ3) is 6.31. The lowest BCUT2D eigenvalue weighted by Gasteiger charge is -2.23. The van der Waals surface area contributed by atoms with Gasteiger partial charge in [0, 0.05) is 19.0 Å². The highest BCUT2D eigenvalue weighted by molar-refractivity contribution is 14.0. The molecule has 2 N–H and O–H groups in total. The van der Waals surface area contributed by atoms with Crippen LogP contribution in [0.25, 0.3) is 0 Å². The van der Waals surface area contributed by atoms with E-state index in [1.807, 2.05) is 26.2 Å². The molecular weight excluding hydrogens is 445 g/mol. The second-order valence-corrected chi connectivity index (χ2v) is 7.17. The van der Waals surface area contributed by atoms with Crippen molar-refractivity contribution in [3.63, 3.8) is 0 Å². The van der Waals surface area contributed by atoms with Crippen LogP contribution in [-0.2, 0) is 12.0 Å². The summed E-state index contributed by atoms with van der Waals surface area (Å²) in [5.74, 6) is 3.12. The summed E-state index contributed by atoms with van der Waals surface area (Å²) in [5, 5.41) is 6.54. The zero-order chi connectivity index (χ0) is 18.4. The Morgan fingerprint density at radius 2 is 2.04 bits per heavy atom. The van der Waals surface area contributed by atoms with E-state index < -0.39 is 0 Å². The van der Waals surface area contributed by atoms with E-state index in [1.54, 1.807) is 19.5 Å². The molecule has 0 aliphatic carbocycles. The van der Waals surface area contributed by atoms with Gasteiger partial charge in [0.05, 0.1) is 25.0 Å². The second-order valence-electron chi connectivity index (χ2n) is 7.17. The molecule has 0 spiro atoms. The standard InChI is InChI=1S/C18H29N5O2.HI/c1-18(2,3)15-11-20-16(25-15)12-22-17(19-4)21-10-13(23(5)6)14-8-7-9-24-14;/h7-9,11,13H,10,12H2,1-6H3,(H2,19,21,22);1H. The molecule has 7 nitrogen and oxygen atoms in total. The number of furan rings is 1. The smallest absolute Gasteiger partial charge is 0.213 e. The van der Waals surface area contributed by atoms with Crippen molar-refractivity contribution in [1.82, 2.24) is 20.5 Å². The minimum absolute atomic E-state index is 0. The lowest BCUT2D eigenvalue weighted by molar-refractivity contribution is 0.258. The van der Waals surface area contributed by atoms with Crippen LogP contribution < -0.4 is 10.6 Å². The van der Waals surface area contributed by atoms with Gasteiger partial charge < -0.3 is 19.5 Å². The molecule has 0 radical (unpaired) electrons. The van der Waals surface area contributed by atoms with Crippen LogP contribution in [0.2, 0.25) is 0 Å². The lowest BCUT2D eigenvalue weighted by Crippen LogP contribution is -2.41. The van der Waals surface area contributed by atoms with Crippen molar-refractivity contribution in [3.8, 4) is 0 Å². The van der Waals surface area contributed by atoms with Crippen LogP contribution in [0.4, 0.5) is 0 Å². The van der Waals surface area contributed by atoms with Gasteiger partial charge in [-0.25, -0.2) is 4.98 Å². The minimum Gasteiger partial charge on any atom is -0.468 e. The average Bonchev–Trinajstić information content (AvgIpc) is 3.21. The first kappa shape index (κ1) is 22.5. The molecule has 146 valence electrons. The van der Waals surface area contributed by atoms with E-state index in [1.165, 1.54) is 0 Å². The number of nitrogens with zero attached hydrogens (tertiary/aromatic N) is 3. The van der Waals surface area contributed by atoms with Gasteiger partial charge in [-0.15, -0.1) is 24.0 Å². The summed E-state index contributed by atoms with van der Waals surface area (Å²) in [7, 11) is 5.78. The van der Waals surface area contributed by atoms with Gasteiger partial charge in [-0.2, -0.15) is 0 Å². The molecule has 0 amide bonds. The molecule has 2 aromatic heterocycles. The van der Waals surface area contributed by atoms with E-state index in [2.05, 4.69) is 46.3 Å². The van der Waals surface area contributed by atoms with Crippen molar-refractivity contribution in [2.45, 2.75) is 38.8 Å². The fraction of sp³-hybridized carbons (Fsp3) is 0.556. The first-order valence-corrected chi connectivity index (χ1v) is 8.40. The third-order valence-corrected chi connectivity index (χ3v) is 3.88. The van der Waals surface area contributed by atoms with E-state index in [9.17, 15) is 0 Å². The lowest BCUT2D eigenvalue weighted by atomic mass is 9.94. The van der Waals surface area contributed by atoms with E-state index in [0.717, 1.165) is 11.5 Å². The molecule has 0 saturated heterocycles. The molecule has 2 heterocycles.